The summed E-state index contributed by atoms with van der Waals surface area (Å²) in [5.74, 6) is 0.392. The lowest BCUT2D eigenvalue weighted by molar-refractivity contribution is 0.583. The van der Waals surface area contributed by atoms with Crippen molar-refractivity contribution in [3.8, 4) is 0 Å². The first kappa shape index (κ1) is 7.37. The van der Waals surface area contributed by atoms with E-state index in [0.29, 0.717) is 17.9 Å². The summed E-state index contributed by atoms with van der Waals surface area (Å²) in [5.41, 5.74) is 11.4. The summed E-state index contributed by atoms with van der Waals surface area (Å²) in [6.45, 7) is 0.465. The molecule has 0 atom stereocenters. The number of hydrazine groups is 1. The van der Waals surface area contributed by atoms with E-state index in [9.17, 15) is 8.42 Å². The van der Waals surface area contributed by atoms with Crippen molar-refractivity contribution in [1.29, 1.82) is 0 Å². The molecule has 7 nitrogen and oxygen atoms in total. The number of rotatable bonds is 0. The predicted molar refractivity (Wildman–Crippen MR) is 41.8 cm³/mol. The Bertz CT molecular complexity index is 380. The summed E-state index contributed by atoms with van der Waals surface area (Å²) in [6.07, 6.45) is 0. The SMILES string of the molecule is NC1=NS(=O)(=O)NC2=C1CNN2. The lowest BCUT2D eigenvalue weighted by Gasteiger charge is -2.12. The van der Waals surface area contributed by atoms with Crippen LogP contribution in [-0.4, -0.2) is 20.8 Å². The molecule has 2 heterocycles. The van der Waals surface area contributed by atoms with Crippen LogP contribution in [0.4, 0.5) is 0 Å². The summed E-state index contributed by atoms with van der Waals surface area (Å²) in [7, 11) is -3.63. The summed E-state index contributed by atoms with van der Waals surface area (Å²) < 4.78 is 27.3. The largest absolute Gasteiger partial charge is 0.383 e. The van der Waals surface area contributed by atoms with E-state index < -0.39 is 10.2 Å². The van der Waals surface area contributed by atoms with Crippen molar-refractivity contribution >= 4 is 16.0 Å². The molecule has 12 heavy (non-hydrogen) atoms. The molecule has 0 saturated heterocycles. The van der Waals surface area contributed by atoms with Crippen molar-refractivity contribution in [1.82, 2.24) is 15.6 Å². The van der Waals surface area contributed by atoms with Crippen molar-refractivity contribution in [2.45, 2.75) is 0 Å². The Hall–Kier alpha value is -1.28. The van der Waals surface area contributed by atoms with Gasteiger partial charge < -0.3 is 11.2 Å². The summed E-state index contributed by atoms with van der Waals surface area (Å²) in [5, 5.41) is 0. The molecule has 0 aromatic rings. The fraction of sp³-hybridized carbons (Fsp3) is 0.250. The van der Waals surface area contributed by atoms with Gasteiger partial charge in [-0.25, -0.2) is 10.1 Å². The topological polar surface area (TPSA) is 109 Å². The van der Waals surface area contributed by atoms with E-state index in [-0.39, 0.29) is 5.84 Å². The van der Waals surface area contributed by atoms with E-state index in [2.05, 4.69) is 20.0 Å². The van der Waals surface area contributed by atoms with Gasteiger partial charge in [-0.2, -0.15) is 8.42 Å². The zero-order valence-corrected chi connectivity index (χ0v) is 6.77. The van der Waals surface area contributed by atoms with Crippen LogP contribution in [0.2, 0.25) is 0 Å². The fourth-order valence-corrected chi connectivity index (χ4v) is 1.87. The van der Waals surface area contributed by atoms with Crippen LogP contribution in [0.25, 0.3) is 0 Å². The number of hydrogen-bond donors (Lipinski definition) is 4. The number of hydrogen-bond acceptors (Lipinski definition) is 5. The maximum atomic E-state index is 10.9. The van der Waals surface area contributed by atoms with Gasteiger partial charge in [0.2, 0.25) is 0 Å². The van der Waals surface area contributed by atoms with Crippen molar-refractivity contribution in [3.63, 3.8) is 0 Å². The van der Waals surface area contributed by atoms with Gasteiger partial charge in [0.05, 0.1) is 5.57 Å². The maximum Gasteiger partial charge on any atom is 0.345 e. The quantitative estimate of drug-likeness (QED) is 0.337. The molecule has 0 aromatic heterocycles. The van der Waals surface area contributed by atoms with Gasteiger partial charge in [0.25, 0.3) is 0 Å². The minimum atomic E-state index is -3.63. The predicted octanol–water partition coefficient (Wildman–Crippen LogP) is -2.49. The first-order chi connectivity index (χ1) is 5.58. The molecule has 0 fully saturated rings. The second-order valence-electron chi connectivity index (χ2n) is 2.39. The average molecular weight is 189 g/mol. The average Bonchev–Trinajstić information content (AvgIpc) is 2.31. The molecule has 0 saturated carbocycles. The monoisotopic (exact) mass is 189 g/mol. The highest BCUT2D eigenvalue weighted by molar-refractivity contribution is 7.88. The van der Waals surface area contributed by atoms with Crippen LogP contribution in [0.5, 0.6) is 0 Å². The van der Waals surface area contributed by atoms with Gasteiger partial charge in [-0.05, 0) is 0 Å². The van der Waals surface area contributed by atoms with Gasteiger partial charge >= 0.3 is 10.2 Å². The molecule has 0 radical (unpaired) electrons. The van der Waals surface area contributed by atoms with Crippen LogP contribution in [0.15, 0.2) is 15.8 Å². The maximum absolute atomic E-state index is 10.9. The Labute approximate surface area is 68.9 Å². The highest BCUT2D eigenvalue weighted by Crippen LogP contribution is 2.10. The third kappa shape index (κ3) is 1.01. The molecule has 0 spiro atoms. The normalized spacial score (nSPS) is 25.5. The second kappa shape index (κ2) is 2.11. The molecule has 5 N–H and O–H groups in total. The van der Waals surface area contributed by atoms with Crippen molar-refractivity contribution in [2.24, 2.45) is 10.1 Å². The van der Waals surface area contributed by atoms with Crippen molar-refractivity contribution < 1.29 is 8.42 Å². The number of amidine groups is 1. The zero-order chi connectivity index (χ0) is 8.77. The number of nitrogens with two attached hydrogens (primary N) is 1. The van der Waals surface area contributed by atoms with Gasteiger partial charge in [0, 0.05) is 6.54 Å². The van der Waals surface area contributed by atoms with E-state index >= 15 is 0 Å². The number of nitrogens with one attached hydrogen (secondary N) is 3. The summed E-state index contributed by atoms with van der Waals surface area (Å²) in [6, 6.07) is 0. The van der Waals surface area contributed by atoms with E-state index in [4.69, 9.17) is 5.73 Å². The smallest absolute Gasteiger partial charge is 0.345 e. The first-order valence-electron chi connectivity index (χ1n) is 3.19. The number of nitrogens with zero attached hydrogens (tertiary/aromatic N) is 1. The molecule has 2 aliphatic heterocycles. The molecular formula is C4H7N5O2S. The minimum absolute atomic E-state index is 0.0289. The Balaban J connectivity index is 2.49. The summed E-state index contributed by atoms with van der Waals surface area (Å²) >= 11 is 0. The van der Waals surface area contributed by atoms with Crippen LogP contribution in [0.1, 0.15) is 0 Å². The van der Waals surface area contributed by atoms with Crippen LogP contribution in [-0.2, 0) is 10.2 Å². The van der Waals surface area contributed by atoms with E-state index in [1.54, 1.807) is 0 Å². The van der Waals surface area contributed by atoms with Crippen LogP contribution in [0, 0.1) is 0 Å². The second-order valence-corrected chi connectivity index (χ2v) is 3.72. The van der Waals surface area contributed by atoms with E-state index in [0.717, 1.165) is 0 Å². The molecule has 0 aliphatic carbocycles. The molecule has 66 valence electrons. The highest BCUT2D eigenvalue weighted by Gasteiger charge is 2.26. The lowest BCUT2D eigenvalue weighted by Crippen LogP contribution is -2.36. The van der Waals surface area contributed by atoms with Gasteiger partial charge in [-0.1, -0.05) is 0 Å². The van der Waals surface area contributed by atoms with Crippen molar-refractivity contribution in [2.75, 3.05) is 6.54 Å². The molecule has 2 aliphatic rings. The van der Waals surface area contributed by atoms with Crippen LogP contribution in [0.3, 0.4) is 0 Å². The lowest BCUT2D eigenvalue weighted by atomic mass is 10.2. The van der Waals surface area contributed by atoms with Gasteiger partial charge in [0.15, 0.2) is 0 Å². The van der Waals surface area contributed by atoms with Crippen LogP contribution < -0.4 is 21.3 Å². The Morgan fingerprint density at radius 1 is 1.50 bits per heavy atom. The Morgan fingerprint density at radius 2 is 2.25 bits per heavy atom. The molecule has 2 rings (SSSR count). The first-order valence-corrected chi connectivity index (χ1v) is 4.63. The highest BCUT2D eigenvalue weighted by atomic mass is 32.2. The molecule has 0 amide bonds. The minimum Gasteiger partial charge on any atom is -0.383 e. The molecule has 0 bridgehead atoms. The van der Waals surface area contributed by atoms with Gasteiger partial charge in [-0.3, -0.25) is 0 Å². The summed E-state index contributed by atoms with van der Waals surface area (Å²) in [4.78, 5) is 0. The van der Waals surface area contributed by atoms with Gasteiger partial charge in [0.1, 0.15) is 11.7 Å². The Morgan fingerprint density at radius 3 is 3.00 bits per heavy atom. The molecule has 0 aromatic carbocycles. The fourth-order valence-electron chi connectivity index (χ4n) is 1.03. The van der Waals surface area contributed by atoms with Crippen molar-refractivity contribution in [3.05, 3.63) is 11.4 Å². The van der Waals surface area contributed by atoms with Gasteiger partial charge in [-0.15, -0.1) is 4.40 Å². The zero-order valence-electron chi connectivity index (χ0n) is 5.96. The Kier molecular flexibility index (Phi) is 1.30. The van der Waals surface area contributed by atoms with E-state index in [1.165, 1.54) is 0 Å². The van der Waals surface area contributed by atoms with E-state index in [1.807, 2.05) is 0 Å². The van der Waals surface area contributed by atoms with Crippen LogP contribution >= 0.6 is 0 Å². The third-order valence-electron chi connectivity index (χ3n) is 1.54. The standard InChI is InChI=1S/C4H7N5O2S/c5-3-2-1-6-7-4(2)9-12(10,11)8-3/h6-7,9H,1H2,(H2,5,8). The molecule has 8 heteroatoms. The third-order valence-corrected chi connectivity index (χ3v) is 2.44. The molecular weight excluding hydrogens is 182 g/mol. The molecule has 0 unspecified atom stereocenters.